The van der Waals surface area contributed by atoms with E-state index in [-0.39, 0.29) is 4.58 Å². The second-order valence-electron chi connectivity index (χ2n) is 5.27. The second-order valence-corrected chi connectivity index (χ2v) is 10.9. The summed E-state index contributed by atoms with van der Waals surface area (Å²) in [6.45, 7) is 0. The van der Waals surface area contributed by atoms with Gasteiger partial charge in [0.15, 0.2) is 0 Å². The molecule has 2 nitrogen and oxygen atoms in total. The summed E-state index contributed by atoms with van der Waals surface area (Å²) in [4.78, 5) is 0. The molecule has 5 heteroatoms. The number of hydrogen-bond acceptors (Lipinski definition) is 4. The van der Waals surface area contributed by atoms with Crippen LogP contribution in [0, 0.1) is 0 Å². The quantitative estimate of drug-likeness (QED) is 0.841. The highest BCUT2D eigenvalue weighted by Crippen LogP contribution is 2.47. The zero-order valence-electron chi connectivity index (χ0n) is 12.2. The van der Waals surface area contributed by atoms with Crippen LogP contribution in [0.1, 0.15) is 0 Å². The first-order valence-corrected chi connectivity index (χ1v) is 11.3. The van der Waals surface area contributed by atoms with Gasteiger partial charge in [-0.15, -0.1) is 23.5 Å². The molecule has 1 atom stereocenters. The van der Waals surface area contributed by atoms with Gasteiger partial charge in [-0.3, -0.25) is 0 Å². The molecule has 1 aliphatic heterocycles. The van der Waals surface area contributed by atoms with Crippen molar-refractivity contribution in [3.8, 4) is 0 Å². The molecule has 1 heterocycles. The van der Waals surface area contributed by atoms with E-state index in [0.717, 1.165) is 22.1 Å². The largest absolute Gasteiger partial charge is 0.391 e. The Balaban J connectivity index is 1.95. The normalized spacial score (nSPS) is 17.5. The molecule has 22 heavy (non-hydrogen) atoms. The topological polar surface area (TPSA) is 37.3 Å². The Morgan fingerprint density at radius 2 is 1.41 bits per heavy atom. The summed E-state index contributed by atoms with van der Waals surface area (Å²) in [6.07, 6.45) is -0.241. The van der Waals surface area contributed by atoms with E-state index in [4.69, 9.17) is 0 Å². The molecular weight excluding hydrogens is 331 g/mol. The van der Waals surface area contributed by atoms with Gasteiger partial charge in [-0.25, -0.2) is 0 Å². The lowest BCUT2D eigenvalue weighted by molar-refractivity contribution is 0.215. The Morgan fingerprint density at radius 1 is 0.955 bits per heavy atom. The zero-order chi connectivity index (χ0) is 15.4. The maximum Gasteiger partial charge on any atom is 0.145 e. The van der Waals surface area contributed by atoms with Crippen LogP contribution in [0.3, 0.4) is 0 Å². The third-order valence-corrected chi connectivity index (χ3v) is 10.1. The molecule has 0 aliphatic carbocycles. The van der Waals surface area contributed by atoms with Crippen molar-refractivity contribution in [3.05, 3.63) is 60.7 Å². The smallest absolute Gasteiger partial charge is 0.145 e. The number of thioether (sulfide) groups is 2. The lowest BCUT2D eigenvalue weighted by Crippen LogP contribution is -2.29. The van der Waals surface area contributed by atoms with Crippen molar-refractivity contribution in [2.45, 2.75) is 10.7 Å². The highest BCUT2D eigenvalue weighted by Gasteiger charge is 2.34. The number of aliphatic hydroxyl groups is 1. The van der Waals surface area contributed by atoms with Crippen molar-refractivity contribution in [1.82, 2.24) is 0 Å². The average Bonchev–Trinajstić information content (AvgIpc) is 3.11. The average molecular weight is 350 g/mol. The molecule has 0 unspecified atom stereocenters. The van der Waals surface area contributed by atoms with Crippen molar-refractivity contribution < 1.29 is 9.67 Å². The van der Waals surface area contributed by atoms with Gasteiger partial charge in [-0.1, -0.05) is 60.7 Å². The molecule has 3 rings (SSSR count). The summed E-state index contributed by atoms with van der Waals surface area (Å²) in [5.74, 6) is 2.13. The lowest BCUT2D eigenvalue weighted by Gasteiger charge is -2.24. The minimum atomic E-state index is -2.81. The van der Waals surface area contributed by atoms with Crippen LogP contribution in [0.4, 0.5) is 0 Å². The van der Waals surface area contributed by atoms with Crippen molar-refractivity contribution >= 4 is 41.3 Å². The van der Waals surface area contributed by atoms with Crippen LogP contribution in [0.25, 0.3) is 0 Å². The Labute approximate surface area is 140 Å². The third kappa shape index (κ3) is 3.46. The van der Waals surface area contributed by atoms with Crippen molar-refractivity contribution in [1.29, 1.82) is 0 Å². The van der Waals surface area contributed by atoms with Crippen molar-refractivity contribution in [3.63, 3.8) is 0 Å². The van der Waals surface area contributed by atoms with Gasteiger partial charge in [0.25, 0.3) is 0 Å². The summed E-state index contributed by atoms with van der Waals surface area (Å²) < 4.78 is 13.9. The Hall–Kier alpha value is -0.670. The molecule has 0 radical (unpaired) electrons. The fraction of sp³-hybridized carbons (Fsp3) is 0.294. The maximum absolute atomic E-state index is 13.8. The van der Waals surface area contributed by atoms with Gasteiger partial charge in [0.2, 0.25) is 0 Å². The summed E-state index contributed by atoms with van der Waals surface area (Å²) in [5.41, 5.74) is 0. The van der Waals surface area contributed by atoms with Crippen molar-refractivity contribution in [2.75, 3.05) is 17.7 Å². The number of rotatable bonds is 5. The predicted molar refractivity (Wildman–Crippen MR) is 99.3 cm³/mol. The van der Waals surface area contributed by atoms with E-state index in [0.29, 0.717) is 6.16 Å². The van der Waals surface area contributed by atoms with Gasteiger partial charge >= 0.3 is 0 Å². The molecule has 1 fully saturated rings. The van der Waals surface area contributed by atoms with E-state index in [9.17, 15) is 9.67 Å². The minimum absolute atomic E-state index is 0.140. The van der Waals surface area contributed by atoms with Gasteiger partial charge < -0.3 is 9.67 Å². The second kappa shape index (κ2) is 7.27. The van der Waals surface area contributed by atoms with E-state index in [1.54, 1.807) is 23.5 Å². The third-order valence-electron chi connectivity index (χ3n) is 3.75. The first kappa shape index (κ1) is 16.2. The summed E-state index contributed by atoms with van der Waals surface area (Å²) in [5, 5.41) is 12.2. The van der Waals surface area contributed by atoms with E-state index in [2.05, 4.69) is 0 Å². The highest BCUT2D eigenvalue weighted by atomic mass is 32.2. The Bertz CT molecular complexity index is 599. The van der Waals surface area contributed by atoms with Gasteiger partial charge in [-0.05, 0) is 0 Å². The van der Waals surface area contributed by atoms with E-state index in [1.807, 2.05) is 60.7 Å². The molecule has 0 aromatic heterocycles. The van der Waals surface area contributed by atoms with Gasteiger partial charge in [0, 0.05) is 28.3 Å². The Morgan fingerprint density at radius 3 is 1.86 bits per heavy atom. The van der Waals surface area contributed by atoms with Crippen LogP contribution >= 0.6 is 30.7 Å². The first-order chi connectivity index (χ1) is 10.7. The van der Waals surface area contributed by atoms with Crippen LogP contribution in [-0.4, -0.2) is 33.5 Å². The van der Waals surface area contributed by atoms with Gasteiger partial charge in [-0.2, -0.15) is 0 Å². The molecule has 0 bridgehead atoms. The van der Waals surface area contributed by atoms with Crippen LogP contribution in [0.15, 0.2) is 60.7 Å². The fourth-order valence-electron chi connectivity index (χ4n) is 2.65. The molecule has 0 spiro atoms. The SMILES string of the molecule is O=P(C[C@H](O)C1SCCS1)(c1ccccc1)c1ccccc1. The van der Waals surface area contributed by atoms with E-state index < -0.39 is 13.2 Å². The van der Waals surface area contributed by atoms with Crippen LogP contribution < -0.4 is 10.6 Å². The molecule has 1 saturated heterocycles. The molecule has 116 valence electrons. The Kier molecular flexibility index (Phi) is 5.35. The van der Waals surface area contributed by atoms with Gasteiger partial charge in [0.05, 0.1) is 10.7 Å². The number of aliphatic hydroxyl groups excluding tert-OH is 1. The molecule has 0 saturated carbocycles. The van der Waals surface area contributed by atoms with Crippen LogP contribution in [0.2, 0.25) is 0 Å². The fourth-order valence-corrected chi connectivity index (χ4v) is 8.53. The van der Waals surface area contributed by atoms with Crippen molar-refractivity contribution in [2.24, 2.45) is 0 Å². The number of hydrogen-bond donors (Lipinski definition) is 1. The highest BCUT2D eigenvalue weighted by molar-refractivity contribution is 8.20. The predicted octanol–water partition coefficient (Wildman–Crippen LogP) is 3.17. The molecule has 1 N–H and O–H groups in total. The molecule has 1 aliphatic rings. The first-order valence-electron chi connectivity index (χ1n) is 7.32. The molecule has 2 aromatic carbocycles. The summed E-state index contributed by atoms with van der Waals surface area (Å²) in [7, 11) is -2.81. The van der Waals surface area contributed by atoms with E-state index >= 15 is 0 Å². The standard InChI is InChI=1S/C17H19O2PS2/c18-16(17-21-11-12-22-17)13-20(19,14-7-3-1-4-8-14)15-9-5-2-6-10-15/h1-10,16-18H,11-13H2/t16-/m0/s1. The van der Waals surface area contributed by atoms with Gasteiger partial charge in [0.1, 0.15) is 7.14 Å². The number of benzene rings is 2. The minimum Gasteiger partial charge on any atom is -0.391 e. The van der Waals surface area contributed by atoms with E-state index in [1.165, 1.54) is 0 Å². The lowest BCUT2D eigenvalue weighted by atomic mass is 10.4. The molecular formula is C17H19O2PS2. The molecule has 2 aromatic rings. The summed E-state index contributed by atoms with van der Waals surface area (Å²) in [6, 6.07) is 19.2. The van der Waals surface area contributed by atoms with Crippen LogP contribution in [-0.2, 0) is 4.57 Å². The zero-order valence-corrected chi connectivity index (χ0v) is 14.7. The monoisotopic (exact) mass is 350 g/mol. The summed E-state index contributed by atoms with van der Waals surface area (Å²) >= 11 is 3.55. The maximum atomic E-state index is 13.8. The van der Waals surface area contributed by atoms with Crippen LogP contribution in [0.5, 0.6) is 0 Å². The molecule has 0 amide bonds.